The molecule has 5 heteroatoms. The van der Waals surface area contributed by atoms with Crippen LogP contribution >= 0.6 is 23.6 Å². The fourth-order valence-corrected chi connectivity index (χ4v) is 4.61. The molecule has 0 saturated carbocycles. The largest absolute Gasteiger partial charge is 0.321 e. The highest BCUT2D eigenvalue weighted by Gasteiger charge is 2.28. The van der Waals surface area contributed by atoms with Gasteiger partial charge < -0.3 is 5.32 Å². The molecule has 0 spiro atoms. The van der Waals surface area contributed by atoms with Crippen LogP contribution in [0.15, 0.2) is 18.2 Å². The Morgan fingerprint density at radius 3 is 2.28 bits per heavy atom. The van der Waals surface area contributed by atoms with Crippen molar-refractivity contribution in [2.75, 3.05) is 5.32 Å². The Balaban J connectivity index is 2.26. The molecule has 1 unspecified atom stereocenters. The van der Waals surface area contributed by atoms with E-state index in [4.69, 9.17) is 12.2 Å². The van der Waals surface area contributed by atoms with Gasteiger partial charge in [0.05, 0.1) is 0 Å². The van der Waals surface area contributed by atoms with Crippen molar-refractivity contribution in [1.82, 2.24) is 10.2 Å². The Labute approximate surface area is 161 Å². The summed E-state index contributed by atoms with van der Waals surface area (Å²) in [6, 6.07) is 6.43. The van der Waals surface area contributed by atoms with Crippen LogP contribution < -0.4 is 5.32 Å². The first kappa shape index (κ1) is 20.0. The lowest BCUT2D eigenvalue weighted by Crippen LogP contribution is -2.20. The third-order valence-corrected chi connectivity index (χ3v) is 6.42. The van der Waals surface area contributed by atoms with Crippen LogP contribution in [0.1, 0.15) is 75.6 Å². The summed E-state index contributed by atoms with van der Waals surface area (Å²) in [4.78, 5) is 0.755. The van der Waals surface area contributed by atoms with Gasteiger partial charge in [0.25, 0.3) is 0 Å². The molecule has 0 fully saturated rings. The Morgan fingerprint density at radius 1 is 1.12 bits per heavy atom. The van der Waals surface area contributed by atoms with E-state index in [-0.39, 0.29) is 5.41 Å². The van der Waals surface area contributed by atoms with E-state index < -0.39 is 0 Å². The number of aryl methyl sites for hydroxylation is 2. The fraction of sp³-hybridized carbons (Fsp3) is 0.550. The second-order valence-corrected chi connectivity index (χ2v) is 8.07. The molecule has 0 bridgehead atoms. The zero-order valence-electron chi connectivity index (χ0n) is 16.0. The molecule has 1 atom stereocenters. The minimum atomic E-state index is 0.101. The molecule has 136 valence electrons. The summed E-state index contributed by atoms with van der Waals surface area (Å²) in [7, 11) is 0. The highest BCUT2D eigenvalue weighted by Crippen LogP contribution is 2.35. The first-order chi connectivity index (χ1) is 12.0. The standard InChI is InChI=1S/C20H29N3S2/c1-6-13-20(5,9-4)18-22-23-19(25-18)21-17(24)16-14(7-2)11-10-12-15(16)8-3/h10-12H,6-9,13H2,1-5H3,(H,21,23,24). The number of hydrogen-bond acceptors (Lipinski definition) is 4. The predicted octanol–water partition coefficient (Wildman–Crippen LogP) is 5.92. The molecule has 0 aliphatic carbocycles. The van der Waals surface area contributed by atoms with Crippen molar-refractivity contribution in [1.29, 1.82) is 0 Å². The molecule has 0 aliphatic rings. The maximum Gasteiger partial charge on any atom is 0.210 e. The number of aromatic nitrogens is 2. The monoisotopic (exact) mass is 375 g/mol. The summed E-state index contributed by atoms with van der Waals surface area (Å²) in [6.07, 6.45) is 5.28. The molecule has 1 aromatic heterocycles. The lowest BCUT2D eigenvalue weighted by molar-refractivity contribution is 0.409. The second-order valence-electron chi connectivity index (χ2n) is 6.69. The topological polar surface area (TPSA) is 37.8 Å². The minimum Gasteiger partial charge on any atom is -0.321 e. The number of thiocarbonyl (C=S) groups is 1. The van der Waals surface area contributed by atoms with Crippen LogP contribution in [-0.2, 0) is 18.3 Å². The molecule has 0 amide bonds. The molecule has 2 rings (SSSR count). The lowest BCUT2D eigenvalue weighted by atomic mass is 9.84. The summed E-state index contributed by atoms with van der Waals surface area (Å²) >= 11 is 7.35. The highest BCUT2D eigenvalue weighted by molar-refractivity contribution is 7.81. The van der Waals surface area contributed by atoms with Gasteiger partial charge in [-0.3, -0.25) is 0 Å². The van der Waals surface area contributed by atoms with E-state index in [0.29, 0.717) is 0 Å². The molecule has 1 aromatic carbocycles. The molecule has 0 radical (unpaired) electrons. The average molecular weight is 376 g/mol. The maximum absolute atomic E-state index is 5.72. The average Bonchev–Trinajstić information content (AvgIpc) is 3.10. The van der Waals surface area contributed by atoms with Crippen molar-refractivity contribution < 1.29 is 0 Å². The van der Waals surface area contributed by atoms with Crippen LogP contribution in [0.4, 0.5) is 5.13 Å². The third-order valence-electron chi connectivity index (χ3n) is 4.97. The van der Waals surface area contributed by atoms with Crippen LogP contribution in [0.2, 0.25) is 0 Å². The summed E-state index contributed by atoms with van der Waals surface area (Å²) in [5.74, 6) is 0. The Hall–Kier alpha value is -1.33. The number of anilines is 1. The molecular formula is C20H29N3S2. The smallest absolute Gasteiger partial charge is 0.210 e. The zero-order chi connectivity index (χ0) is 18.4. The number of nitrogens with one attached hydrogen (secondary N) is 1. The molecule has 0 aliphatic heterocycles. The number of benzene rings is 1. The van der Waals surface area contributed by atoms with Gasteiger partial charge in [0.15, 0.2) is 0 Å². The van der Waals surface area contributed by atoms with E-state index in [1.165, 1.54) is 11.1 Å². The summed E-state index contributed by atoms with van der Waals surface area (Å²) in [5.41, 5.74) is 3.83. The molecule has 3 nitrogen and oxygen atoms in total. The summed E-state index contributed by atoms with van der Waals surface area (Å²) in [5, 5.41) is 14.1. The second kappa shape index (κ2) is 8.86. The zero-order valence-corrected chi connectivity index (χ0v) is 17.6. The van der Waals surface area contributed by atoms with Crippen molar-refractivity contribution in [3.63, 3.8) is 0 Å². The van der Waals surface area contributed by atoms with E-state index in [2.05, 4.69) is 68.3 Å². The van der Waals surface area contributed by atoms with Gasteiger partial charge in [0.1, 0.15) is 10.00 Å². The Morgan fingerprint density at radius 2 is 1.76 bits per heavy atom. The molecule has 1 N–H and O–H groups in total. The molecule has 1 heterocycles. The van der Waals surface area contributed by atoms with Crippen molar-refractivity contribution in [3.8, 4) is 0 Å². The fourth-order valence-electron chi connectivity index (χ4n) is 3.20. The van der Waals surface area contributed by atoms with Gasteiger partial charge in [-0.1, -0.05) is 82.8 Å². The van der Waals surface area contributed by atoms with Gasteiger partial charge in [-0.15, -0.1) is 10.2 Å². The van der Waals surface area contributed by atoms with Gasteiger partial charge in [-0.05, 0) is 36.8 Å². The van der Waals surface area contributed by atoms with Crippen molar-refractivity contribution >= 4 is 33.7 Å². The minimum absolute atomic E-state index is 0.101. The molecular weight excluding hydrogens is 346 g/mol. The molecule has 2 aromatic rings. The van der Waals surface area contributed by atoms with Crippen molar-refractivity contribution in [2.45, 2.75) is 72.1 Å². The maximum atomic E-state index is 5.72. The van der Waals surface area contributed by atoms with Gasteiger partial charge in [0.2, 0.25) is 5.13 Å². The summed E-state index contributed by atoms with van der Waals surface area (Å²) in [6.45, 7) is 11.1. The predicted molar refractivity (Wildman–Crippen MR) is 113 cm³/mol. The van der Waals surface area contributed by atoms with Gasteiger partial charge in [0, 0.05) is 11.0 Å². The van der Waals surface area contributed by atoms with Crippen LogP contribution in [0.5, 0.6) is 0 Å². The van der Waals surface area contributed by atoms with E-state index in [1.54, 1.807) is 11.3 Å². The van der Waals surface area contributed by atoms with Crippen molar-refractivity contribution in [2.24, 2.45) is 0 Å². The number of hydrogen-bond donors (Lipinski definition) is 1. The Bertz CT molecular complexity index is 701. The third kappa shape index (κ3) is 4.45. The lowest BCUT2D eigenvalue weighted by Gasteiger charge is -2.24. The van der Waals surface area contributed by atoms with Crippen molar-refractivity contribution in [3.05, 3.63) is 39.9 Å². The molecule has 0 saturated heterocycles. The highest BCUT2D eigenvalue weighted by atomic mass is 32.1. The first-order valence-corrected chi connectivity index (χ1v) is 10.5. The quantitative estimate of drug-likeness (QED) is 0.581. The van der Waals surface area contributed by atoms with Crippen LogP contribution in [0, 0.1) is 0 Å². The van der Waals surface area contributed by atoms with Crippen LogP contribution in [0.3, 0.4) is 0 Å². The molecule has 25 heavy (non-hydrogen) atoms. The number of nitrogens with zero attached hydrogens (tertiary/aromatic N) is 2. The van der Waals surface area contributed by atoms with E-state index in [9.17, 15) is 0 Å². The summed E-state index contributed by atoms with van der Waals surface area (Å²) < 4.78 is 0. The van der Waals surface area contributed by atoms with Gasteiger partial charge >= 0.3 is 0 Å². The van der Waals surface area contributed by atoms with E-state index in [0.717, 1.165) is 52.8 Å². The van der Waals surface area contributed by atoms with Crippen LogP contribution in [-0.4, -0.2) is 15.2 Å². The van der Waals surface area contributed by atoms with Gasteiger partial charge in [-0.25, -0.2) is 0 Å². The van der Waals surface area contributed by atoms with Crippen LogP contribution in [0.25, 0.3) is 0 Å². The Kier molecular flexibility index (Phi) is 7.08. The number of rotatable bonds is 8. The first-order valence-electron chi connectivity index (χ1n) is 9.25. The van der Waals surface area contributed by atoms with E-state index in [1.807, 2.05) is 0 Å². The van der Waals surface area contributed by atoms with E-state index >= 15 is 0 Å². The SMILES string of the molecule is CCCC(C)(CC)c1nnc(NC(=S)c2c(CC)cccc2CC)s1. The van der Waals surface area contributed by atoms with Gasteiger partial charge in [-0.2, -0.15) is 0 Å². The normalized spacial score (nSPS) is 13.5.